The van der Waals surface area contributed by atoms with Crippen molar-refractivity contribution >= 4 is 11.9 Å². The van der Waals surface area contributed by atoms with Gasteiger partial charge in [-0.15, -0.1) is 0 Å². The highest BCUT2D eigenvalue weighted by molar-refractivity contribution is 5.94. The first kappa shape index (κ1) is 17.0. The lowest BCUT2D eigenvalue weighted by atomic mass is 10.0. The second kappa shape index (κ2) is 7.36. The Bertz CT molecular complexity index is 785. The minimum absolute atomic E-state index is 0.145. The lowest BCUT2D eigenvalue weighted by Crippen LogP contribution is -2.26. The molecule has 0 fully saturated rings. The standard InChI is InChI=1S/C19H19NO5/c1-12(13-4-6-17(7-5-13)25-11-18(21)22)20-19(23)14-2-3-15-9-24-10-16(15)8-14/h2-8,12H,9-11H2,1H3,(H,20,23)(H,21,22). The van der Waals surface area contributed by atoms with Gasteiger partial charge in [0.25, 0.3) is 5.91 Å². The molecule has 1 unspecified atom stereocenters. The van der Waals surface area contributed by atoms with E-state index in [0.29, 0.717) is 24.5 Å². The molecule has 2 N–H and O–H groups in total. The average molecular weight is 341 g/mol. The number of ether oxygens (including phenoxy) is 2. The summed E-state index contributed by atoms with van der Waals surface area (Å²) in [6.07, 6.45) is 0. The Kier molecular flexibility index (Phi) is 5.00. The summed E-state index contributed by atoms with van der Waals surface area (Å²) in [5.74, 6) is -0.693. The first-order chi connectivity index (χ1) is 12.0. The molecule has 0 aliphatic carbocycles. The van der Waals surface area contributed by atoms with Crippen molar-refractivity contribution in [2.24, 2.45) is 0 Å². The number of hydrogen-bond donors (Lipinski definition) is 2. The van der Waals surface area contributed by atoms with Crippen LogP contribution in [0.25, 0.3) is 0 Å². The summed E-state index contributed by atoms with van der Waals surface area (Å²) >= 11 is 0. The number of hydrogen-bond acceptors (Lipinski definition) is 4. The van der Waals surface area contributed by atoms with Crippen LogP contribution in [0.15, 0.2) is 42.5 Å². The molecule has 3 rings (SSSR count). The number of rotatable bonds is 6. The lowest BCUT2D eigenvalue weighted by Gasteiger charge is -2.15. The molecule has 6 nitrogen and oxygen atoms in total. The SMILES string of the molecule is CC(NC(=O)c1ccc2c(c1)COC2)c1ccc(OCC(=O)O)cc1. The van der Waals surface area contributed by atoms with Gasteiger partial charge in [0.1, 0.15) is 5.75 Å². The van der Waals surface area contributed by atoms with Gasteiger partial charge in [-0.1, -0.05) is 18.2 Å². The summed E-state index contributed by atoms with van der Waals surface area (Å²) in [4.78, 5) is 22.9. The Morgan fingerprint density at radius 1 is 1.16 bits per heavy atom. The van der Waals surface area contributed by atoms with E-state index in [0.717, 1.165) is 16.7 Å². The molecule has 1 aliphatic heterocycles. The summed E-state index contributed by atoms with van der Waals surface area (Å²) in [7, 11) is 0. The zero-order valence-electron chi connectivity index (χ0n) is 13.8. The molecule has 1 atom stereocenters. The summed E-state index contributed by atoms with van der Waals surface area (Å²) < 4.78 is 10.5. The van der Waals surface area contributed by atoms with E-state index in [-0.39, 0.29) is 18.6 Å². The summed E-state index contributed by atoms with van der Waals surface area (Å²) in [6, 6.07) is 12.4. The first-order valence-electron chi connectivity index (χ1n) is 7.98. The van der Waals surface area contributed by atoms with Gasteiger partial charge in [0.15, 0.2) is 6.61 Å². The number of fused-ring (bicyclic) bond motifs is 1. The quantitative estimate of drug-likeness (QED) is 0.844. The average Bonchev–Trinajstić information content (AvgIpc) is 3.08. The molecule has 2 aromatic rings. The number of nitrogens with one attached hydrogen (secondary N) is 1. The Hall–Kier alpha value is -2.86. The van der Waals surface area contributed by atoms with E-state index in [2.05, 4.69) is 5.32 Å². The second-order valence-electron chi connectivity index (χ2n) is 5.92. The molecule has 0 saturated carbocycles. The summed E-state index contributed by atoms with van der Waals surface area (Å²) in [5, 5.41) is 11.6. The number of aliphatic carboxylic acids is 1. The minimum Gasteiger partial charge on any atom is -0.482 e. The van der Waals surface area contributed by atoms with Crippen molar-refractivity contribution in [3.8, 4) is 5.75 Å². The Morgan fingerprint density at radius 3 is 2.60 bits per heavy atom. The molecule has 1 aliphatic rings. The molecule has 2 aromatic carbocycles. The minimum atomic E-state index is -1.02. The van der Waals surface area contributed by atoms with Crippen molar-refractivity contribution in [3.63, 3.8) is 0 Å². The second-order valence-corrected chi connectivity index (χ2v) is 5.92. The molecule has 130 valence electrons. The highest BCUT2D eigenvalue weighted by atomic mass is 16.5. The van der Waals surface area contributed by atoms with Crippen LogP contribution in [0.2, 0.25) is 0 Å². The van der Waals surface area contributed by atoms with Gasteiger partial charge in [-0.05, 0) is 47.9 Å². The molecule has 0 spiro atoms. The zero-order valence-corrected chi connectivity index (χ0v) is 13.8. The van der Waals surface area contributed by atoms with Crippen LogP contribution >= 0.6 is 0 Å². The van der Waals surface area contributed by atoms with E-state index in [1.807, 2.05) is 19.1 Å². The maximum Gasteiger partial charge on any atom is 0.341 e. The molecule has 0 saturated heterocycles. The Balaban J connectivity index is 1.62. The maximum atomic E-state index is 12.4. The van der Waals surface area contributed by atoms with Gasteiger partial charge in [0, 0.05) is 5.56 Å². The monoisotopic (exact) mass is 341 g/mol. The molecule has 25 heavy (non-hydrogen) atoms. The normalized spacial score (nSPS) is 13.8. The van der Waals surface area contributed by atoms with Crippen molar-refractivity contribution in [3.05, 3.63) is 64.7 Å². The third-order valence-corrected chi connectivity index (χ3v) is 4.07. The van der Waals surface area contributed by atoms with Crippen LogP contribution in [0.1, 0.15) is 40.0 Å². The van der Waals surface area contributed by atoms with Crippen LogP contribution in [0.4, 0.5) is 0 Å². The van der Waals surface area contributed by atoms with Crippen LogP contribution < -0.4 is 10.1 Å². The lowest BCUT2D eigenvalue weighted by molar-refractivity contribution is -0.139. The van der Waals surface area contributed by atoms with Gasteiger partial charge in [-0.2, -0.15) is 0 Å². The van der Waals surface area contributed by atoms with Gasteiger partial charge >= 0.3 is 5.97 Å². The third kappa shape index (κ3) is 4.16. The zero-order chi connectivity index (χ0) is 17.8. The van der Waals surface area contributed by atoms with Crippen molar-refractivity contribution in [2.45, 2.75) is 26.2 Å². The van der Waals surface area contributed by atoms with Crippen molar-refractivity contribution < 1.29 is 24.2 Å². The molecule has 0 aromatic heterocycles. The molecular weight excluding hydrogens is 322 g/mol. The molecule has 1 heterocycles. The Labute approximate surface area is 145 Å². The van der Waals surface area contributed by atoms with Gasteiger partial charge in [-0.3, -0.25) is 4.79 Å². The predicted octanol–water partition coefficient (Wildman–Crippen LogP) is 2.67. The number of amides is 1. The van der Waals surface area contributed by atoms with Crippen molar-refractivity contribution in [2.75, 3.05) is 6.61 Å². The number of carboxylic acids is 1. The Morgan fingerprint density at radius 2 is 1.88 bits per heavy atom. The van der Waals surface area contributed by atoms with Crippen LogP contribution in [-0.4, -0.2) is 23.6 Å². The number of benzene rings is 2. The van der Waals surface area contributed by atoms with Gasteiger partial charge in [-0.25, -0.2) is 4.79 Å². The van der Waals surface area contributed by atoms with Crippen LogP contribution in [0, 0.1) is 0 Å². The smallest absolute Gasteiger partial charge is 0.341 e. The fourth-order valence-corrected chi connectivity index (χ4v) is 2.67. The molecule has 0 bridgehead atoms. The van der Waals surface area contributed by atoms with Crippen molar-refractivity contribution in [1.82, 2.24) is 5.32 Å². The van der Waals surface area contributed by atoms with E-state index in [9.17, 15) is 9.59 Å². The number of carbonyl (C=O) groups excluding carboxylic acids is 1. The number of carbonyl (C=O) groups is 2. The number of carboxylic acid groups (broad SMARTS) is 1. The molecule has 1 amide bonds. The third-order valence-electron chi connectivity index (χ3n) is 4.07. The largest absolute Gasteiger partial charge is 0.482 e. The topological polar surface area (TPSA) is 84.9 Å². The fraction of sp³-hybridized carbons (Fsp3) is 0.263. The van der Waals surface area contributed by atoms with Crippen molar-refractivity contribution in [1.29, 1.82) is 0 Å². The summed E-state index contributed by atoms with van der Waals surface area (Å²) in [5.41, 5.74) is 3.69. The maximum absolute atomic E-state index is 12.4. The highest BCUT2D eigenvalue weighted by Crippen LogP contribution is 2.22. The predicted molar refractivity (Wildman–Crippen MR) is 90.4 cm³/mol. The van der Waals surface area contributed by atoms with Crippen LogP contribution in [-0.2, 0) is 22.7 Å². The van der Waals surface area contributed by atoms with Crippen LogP contribution in [0.5, 0.6) is 5.75 Å². The molecular formula is C19H19NO5. The van der Waals surface area contributed by atoms with E-state index in [4.69, 9.17) is 14.6 Å². The molecule has 0 radical (unpaired) electrons. The van der Waals surface area contributed by atoms with E-state index in [1.165, 1.54) is 0 Å². The van der Waals surface area contributed by atoms with Gasteiger partial charge in [0.05, 0.1) is 19.3 Å². The van der Waals surface area contributed by atoms with E-state index in [1.54, 1.807) is 30.3 Å². The molecule has 6 heteroatoms. The summed E-state index contributed by atoms with van der Waals surface area (Å²) in [6.45, 7) is 2.66. The highest BCUT2D eigenvalue weighted by Gasteiger charge is 2.16. The first-order valence-corrected chi connectivity index (χ1v) is 7.98. The van der Waals surface area contributed by atoms with Gasteiger partial charge in [0.2, 0.25) is 0 Å². The van der Waals surface area contributed by atoms with Gasteiger partial charge < -0.3 is 19.9 Å². The van der Waals surface area contributed by atoms with Crippen LogP contribution in [0.3, 0.4) is 0 Å². The fourth-order valence-electron chi connectivity index (χ4n) is 2.67. The van der Waals surface area contributed by atoms with E-state index < -0.39 is 5.97 Å². The van der Waals surface area contributed by atoms with E-state index >= 15 is 0 Å².